The molecule has 2 heterocycles. The second-order valence-corrected chi connectivity index (χ2v) is 8.34. The van der Waals surface area contributed by atoms with E-state index in [1.807, 2.05) is 6.92 Å². The number of methoxy groups -OCH3 is 1. The molecule has 4 rings (SSSR count). The van der Waals surface area contributed by atoms with Gasteiger partial charge in [0.25, 0.3) is 11.7 Å². The summed E-state index contributed by atoms with van der Waals surface area (Å²) in [6.07, 6.45) is 1.91. The van der Waals surface area contributed by atoms with Gasteiger partial charge in [-0.25, -0.2) is 9.18 Å². The SMILES string of the molecule is COC(=O)c1cc(Cl)c2c(c1C)OC(C)(C1CCN(C(=O)C3(F)CC3)CC1)O2. The quantitative estimate of drug-likeness (QED) is 0.710. The lowest BCUT2D eigenvalue weighted by molar-refractivity contribution is -0.148. The van der Waals surface area contributed by atoms with E-state index in [0.29, 0.717) is 61.4 Å². The first-order valence-corrected chi connectivity index (χ1v) is 9.84. The molecule has 1 aromatic carbocycles. The van der Waals surface area contributed by atoms with Crippen LogP contribution in [0, 0.1) is 12.8 Å². The van der Waals surface area contributed by atoms with Crippen LogP contribution in [0.2, 0.25) is 5.02 Å². The number of likely N-dealkylation sites (tertiary alicyclic amines) is 1. The number of hydrogen-bond acceptors (Lipinski definition) is 5. The third-order valence-corrected chi connectivity index (χ3v) is 6.33. The molecule has 2 fully saturated rings. The first kappa shape index (κ1) is 19.3. The third kappa shape index (κ3) is 3.00. The smallest absolute Gasteiger partial charge is 0.338 e. The van der Waals surface area contributed by atoms with Crippen molar-refractivity contribution in [1.29, 1.82) is 0 Å². The van der Waals surface area contributed by atoms with Crippen LogP contribution in [-0.2, 0) is 9.53 Å². The molecule has 0 N–H and O–H groups in total. The number of fused-ring (bicyclic) bond motifs is 1. The van der Waals surface area contributed by atoms with Crippen LogP contribution in [0.4, 0.5) is 4.39 Å². The number of esters is 1. The predicted octanol–water partition coefficient (Wildman–Crippen LogP) is 3.66. The predicted molar refractivity (Wildman–Crippen MR) is 99.6 cm³/mol. The third-order valence-electron chi connectivity index (χ3n) is 6.05. The molecule has 2 aliphatic heterocycles. The zero-order chi connectivity index (χ0) is 20.3. The van der Waals surface area contributed by atoms with Crippen LogP contribution in [0.25, 0.3) is 0 Å². The highest BCUT2D eigenvalue weighted by molar-refractivity contribution is 6.32. The maximum Gasteiger partial charge on any atom is 0.338 e. The Kier molecular flexibility index (Phi) is 4.49. The highest BCUT2D eigenvalue weighted by Crippen LogP contribution is 2.51. The second-order valence-electron chi connectivity index (χ2n) is 7.93. The molecule has 152 valence electrons. The Bertz CT molecular complexity index is 847. The second kappa shape index (κ2) is 6.51. The summed E-state index contributed by atoms with van der Waals surface area (Å²) in [6.45, 7) is 4.52. The Morgan fingerprint density at radius 2 is 1.86 bits per heavy atom. The highest BCUT2D eigenvalue weighted by Gasteiger charge is 2.54. The summed E-state index contributed by atoms with van der Waals surface area (Å²) in [5.74, 6) is -1.01. The molecule has 1 aromatic rings. The number of nitrogens with zero attached hydrogens (tertiary/aromatic N) is 1. The minimum atomic E-state index is -1.64. The van der Waals surface area contributed by atoms with E-state index in [1.165, 1.54) is 13.2 Å². The number of ether oxygens (including phenoxy) is 3. The Hall–Kier alpha value is -2.02. The van der Waals surface area contributed by atoms with Crippen molar-refractivity contribution in [2.24, 2.45) is 5.92 Å². The van der Waals surface area contributed by atoms with Crippen LogP contribution in [0.3, 0.4) is 0 Å². The first-order chi connectivity index (χ1) is 13.2. The van der Waals surface area contributed by atoms with Gasteiger partial charge in [0.15, 0.2) is 17.2 Å². The Morgan fingerprint density at radius 3 is 2.43 bits per heavy atom. The van der Waals surface area contributed by atoms with E-state index >= 15 is 0 Å². The van der Waals surface area contributed by atoms with Gasteiger partial charge < -0.3 is 19.1 Å². The molecule has 6 nitrogen and oxygen atoms in total. The molecule has 0 aromatic heterocycles. The lowest BCUT2D eigenvalue weighted by Gasteiger charge is -2.39. The van der Waals surface area contributed by atoms with E-state index < -0.39 is 23.3 Å². The summed E-state index contributed by atoms with van der Waals surface area (Å²) < 4.78 is 31.1. The van der Waals surface area contributed by atoms with Crippen LogP contribution in [0.15, 0.2) is 6.07 Å². The van der Waals surface area contributed by atoms with Gasteiger partial charge in [-0.2, -0.15) is 0 Å². The van der Waals surface area contributed by atoms with Gasteiger partial charge in [0.2, 0.25) is 0 Å². The van der Waals surface area contributed by atoms with Gasteiger partial charge in [0.1, 0.15) is 0 Å². The molecule has 1 aliphatic carbocycles. The zero-order valence-corrected chi connectivity index (χ0v) is 16.9. The molecule has 8 heteroatoms. The normalized spacial score (nSPS) is 25.5. The van der Waals surface area contributed by atoms with Crippen LogP contribution >= 0.6 is 11.6 Å². The van der Waals surface area contributed by atoms with Gasteiger partial charge >= 0.3 is 5.97 Å². The number of alkyl halides is 1. The molecule has 0 radical (unpaired) electrons. The fourth-order valence-corrected chi connectivity index (χ4v) is 4.28. The summed E-state index contributed by atoms with van der Waals surface area (Å²) in [7, 11) is 1.31. The van der Waals surface area contributed by atoms with Crippen LogP contribution in [0.5, 0.6) is 11.5 Å². The van der Waals surface area contributed by atoms with E-state index in [-0.39, 0.29) is 10.9 Å². The molecule has 1 saturated heterocycles. The monoisotopic (exact) mass is 411 g/mol. The Morgan fingerprint density at radius 1 is 1.25 bits per heavy atom. The van der Waals surface area contributed by atoms with E-state index in [1.54, 1.807) is 11.8 Å². The fraction of sp³-hybridized carbons (Fsp3) is 0.600. The van der Waals surface area contributed by atoms with Gasteiger partial charge in [0.05, 0.1) is 17.7 Å². The lowest BCUT2D eigenvalue weighted by Crippen LogP contribution is -2.51. The summed E-state index contributed by atoms with van der Waals surface area (Å²) in [5.41, 5.74) is -0.699. The van der Waals surface area contributed by atoms with Crippen molar-refractivity contribution in [2.75, 3.05) is 20.2 Å². The molecule has 0 bridgehead atoms. The van der Waals surface area contributed by atoms with Crippen LogP contribution in [-0.4, -0.2) is 48.4 Å². The molecular weight excluding hydrogens is 389 g/mol. The number of carbonyl (C=O) groups is 2. The molecule has 1 saturated carbocycles. The number of rotatable bonds is 3. The molecule has 3 aliphatic rings. The van der Waals surface area contributed by atoms with Gasteiger partial charge in [-0.3, -0.25) is 4.79 Å². The fourth-order valence-electron chi connectivity index (χ4n) is 4.05. The van der Waals surface area contributed by atoms with Gasteiger partial charge in [-0.15, -0.1) is 0 Å². The van der Waals surface area contributed by atoms with E-state index in [9.17, 15) is 14.0 Å². The van der Waals surface area contributed by atoms with Crippen molar-refractivity contribution >= 4 is 23.5 Å². The summed E-state index contributed by atoms with van der Waals surface area (Å²) in [6, 6.07) is 1.52. The minimum Gasteiger partial charge on any atom is -0.465 e. The number of halogens is 2. The van der Waals surface area contributed by atoms with Crippen molar-refractivity contribution in [3.05, 3.63) is 22.2 Å². The average molecular weight is 412 g/mol. The molecule has 28 heavy (non-hydrogen) atoms. The molecule has 0 spiro atoms. The maximum absolute atomic E-state index is 14.1. The summed E-state index contributed by atoms with van der Waals surface area (Å²) in [5, 5.41) is 0.283. The molecule has 1 atom stereocenters. The zero-order valence-electron chi connectivity index (χ0n) is 16.1. The first-order valence-electron chi connectivity index (χ1n) is 9.46. The van der Waals surface area contributed by atoms with Crippen molar-refractivity contribution in [3.8, 4) is 11.5 Å². The summed E-state index contributed by atoms with van der Waals surface area (Å²) >= 11 is 6.33. The summed E-state index contributed by atoms with van der Waals surface area (Å²) in [4.78, 5) is 25.8. The van der Waals surface area contributed by atoms with Gasteiger partial charge in [0, 0.05) is 31.5 Å². The number of amides is 1. The van der Waals surface area contributed by atoms with Crippen molar-refractivity contribution in [2.45, 2.75) is 51.0 Å². The molecule has 1 unspecified atom stereocenters. The number of piperidine rings is 1. The van der Waals surface area contributed by atoms with Gasteiger partial charge in [-0.05, 0) is 38.7 Å². The minimum absolute atomic E-state index is 0.00393. The standard InChI is InChI=1S/C20H23ClFNO5/c1-11-13(17(24)26-3)10-14(21)16-15(11)27-19(2,28-16)12-4-8-23(9-5-12)18(25)20(22)6-7-20/h10,12H,4-9H2,1-3H3. The van der Waals surface area contributed by atoms with Crippen LogP contribution < -0.4 is 9.47 Å². The maximum atomic E-state index is 14.1. The number of benzene rings is 1. The largest absolute Gasteiger partial charge is 0.465 e. The van der Waals surface area contributed by atoms with E-state index in [4.69, 9.17) is 25.8 Å². The number of carbonyl (C=O) groups excluding carboxylic acids is 2. The average Bonchev–Trinajstić information content (AvgIpc) is 3.33. The Balaban J connectivity index is 1.50. The van der Waals surface area contributed by atoms with E-state index in [2.05, 4.69) is 0 Å². The molecule has 1 amide bonds. The van der Waals surface area contributed by atoms with Gasteiger partial charge in [-0.1, -0.05) is 11.6 Å². The Labute approximate surface area is 167 Å². The van der Waals surface area contributed by atoms with E-state index in [0.717, 1.165) is 0 Å². The topological polar surface area (TPSA) is 65.1 Å². The highest BCUT2D eigenvalue weighted by atomic mass is 35.5. The van der Waals surface area contributed by atoms with Crippen molar-refractivity contribution < 1.29 is 28.2 Å². The molecular formula is C20H23ClFNO5. The lowest BCUT2D eigenvalue weighted by atomic mass is 9.89. The van der Waals surface area contributed by atoms with Crippen LogP contribution in [0.1, 0.15) is 48.5 Å². The van der Waals surface area contributed by atoms with Crippen molar-refractivity contribution in [1.82, 2.24) is 4.90 Å². The van der Waals surface area contributed by atoms with Crippen molar-refractivity contribution in [3.63, 3.8) is 0 Å². The number of hydrogen-bond donors (Lipinski definition) is 0.